The lowest BCUT2D eigenvalue weighted by Crippen LogP contribution is -2.50. The van der Waals surface area contributed by atoms with E-state index in [-0.39, 0.29) is 5.91 Å². The number of piperazine rings is 1. The normalized spacial score (nSPS) is 14.3. The average Bonchev–Trinajstić information content (AvgIpc) is 2.67. The third-order valence-electron chi connectivity index (χ3n) is 4.63. The Bertz CT molecular complexity index is 724. The van der Waals surface area contributed by atoms with E-state index in [9.17, 15) is 4.79 Å². The van der Waals surface area contributed by atoms with E-state index in [2.05, 4.69) is 16.3 Å². The number of methoxy groups -OCH3 is 1. The number of amides is 1. The molecule has 1 aliphatic rings. The van der Waals surface area contributed by atoms with Gasteiger partial charge >= 0.3 is 0 Å². The number of nitrogens with one attached hydrogen (secondary N) is 1. The monoisotopic (exact) mass is 339 g/mol. The minimum absolute atomic E-state index is 0.142. The number of hydrogen-bond donors (Lipinski definition) is 1. The lowest BCUT2D eigenvalue weighted by atomic mass is 10.2. The first-order valence-corrected chi connectivity index (χ1v) is 8.64. The van der Waals surface area contributed by atoms with Crippen molar-refractivity contribution in [1.29, 1.82) is 0 Å². The van der Waals surface area contributed by atoms with Crippen LogP contribution in [-0.2, 0) is 4.79 Å². The molecule has 0 radical (unpaired) electrons. The number of ether oxygens (including phenoxy) is 1. The number of carbonyl (C=O) groups excluding carboxylic acids is 1. The second-order valence-electron chi connectivity index (χ2n) is 6.21. The van der Waals surface area contributed by atoms with Crippen molar-refractivity contribution >= 4 is 17.3 Å². The van der Waals surface area contributed by atoms with E-state index >= 15 is 0 Å². The third-order valence-corrected chi connectivity index (χ3v) is 4.63. The Morgan fingerprint density at radius 1 is 1.04 bits per heavy atom. The first-order valence-electron chi connectivity index (χ1n) is 8.64. The number of benzene rings is 2. The van der Waals surface area contributed by atoms with Crippen molar-refractivity contribution in [3.63, 3.8) is 0 Å². The van der Waals surface area contributed by atoms with Crippen molar-refractivity contribution in [2.75, 3.05) is 50.1 Å². The third kappa shape index (κ3) is 4.05. The molecule has 0 atom stereocenters. The Hall–Kier alpha value is -2.69. The quantitative estimate of drug-likeness (QED) is 0.910. The smallest absolute Gasteiger partial charge is 0.241 e. The molecule has 2 aromatic rings. The molecule has 3 rings (SSSR count). The summed E-state index contributed by atoms with van der Waals surface area (Å²) in [4.78, 5) is 16.7. The molecule has 0 aromatic heterocycles. The summed E-state index contributed by atoms with van der Waals surface area (Å²) in [6.07, 6.45) is 0. The van der Waals surface area contributed by atoms with Gasteiger partial charge in [-0.05, 0) is 30.7 Å². The molecule has 1 fully saturated rings. The van der Waals surface area contributed by atoms with Crippen LogP contribution < -0.4 is 15.0 Å². The van der Waals surface area contributed by atoms with Crippen LogP contribution in [0.25, 0.3) is 0 Å². The molecule has 0 aliphatic carbocycles. The van der Waals surface area contributed by atoms with Crippen LogP contribution in [0.5, 0.6) is 5.75 Å². The number of rotatable bonds is 5. The van der Waals surface area contributed by atoms with Crippen molar-refractivity contribution in [2.45, 2.75) is 6.92 Å². The molecule has 1 amide bonds. The molecule has 1 aliphatic heterocycles. The van der Waals surface area contributed by atoms with Gasteiger partial charge in [-0.2, -0.15) is 0 Å². The molecule has 1 N–H and O–H groups in total. The molecule has 132 valence electrons. The largest absolute Gasteiger partial charge is 0.495 e. The maximum Gasteiger partial charge on any atom is 0.241 e. The maximum absolute atomic E-state index is 12.5. The first kappa shape index (κ1) is 17.1. The fourth-order valence-electron chi connectivity index (χ4n) is 3.14. The standard InChI is InChI=1S/C20H25N3O2/c1-16-7-3-4-8-17(16)21-15-20(24)23-13-11-22(12-14-23)18-9-5-6-10-19(18)25-2/h3-10,21H,11-15H2,1-2H3. The van der Waals surface area contributed by atoms with Crippen LogP contribution in [0.2, 0.25) is 0 Å². The average molecular weight is 339 g/mol. The number of aryl methyl sites for hydroxylation is 1. The van der Waals surface area contributed by atoms with Gasteiger partial charge < -0.3 is 19.9 Å². The van der Waals surface area contributed by atoms with E-state index in [1.165, 1.54) is 0 Å². The van der Waals surface area contributed by atoms with Crippen molar-refractivity contribution in [3.8, 4) is 5.75 Å². The maximum atomic E-state index is 12.5. The van der Waals surface area contributed by atoms with E-state index in [1.807, 2.05) is 54.3 Å². The van der Waals surface area contributed by atoms with Crippen molar-refractivity contribution < 1.29 is 9.53 Å². The molecule has 0 saturated carbocycles. The summed E-state index contributed by atoms with van der Waals surface area (Å²) in [6, 6.07) is 16.0. The summed E-state index contributed by atoms with van der Waals surface area (Å²) in [5, 5.41) is 3.25. The molecule has 2 aromatic carbocycles. The van der Waals surface area contributed by atoms with Gasteiger partial charge in [0.25, 0.3) is 0 Å². The Kier molecular flexibility index (Phi) is 5.43. The molecule has 1 saturated heterocycles. The molecule has 5 nitrogen and oxygen atoms in total. The van der Waals surface area contributed by atoms with Crippen molar-refractivity contribution in [1.82, 2.24) is 4.90 Å². The highest BCUT2D eigenvalue weighted by atomic mass is 16.5. The summed E-state index contributed by atoms with van der Waals surface area (Å²) in [7, 11) is 1.69. The lowest BCUT2D eigenvalue weighted by Gasteiger charge is -2.36. The molecule has 0 spiro atoms. The zero-order valence-corrected chi connectivity index (χ0v) is 14.9. The van der Waals surface area contributed by atoms with Gasteiger partial charge in [-0.15, -0.1) is 0 Å². The molecular formula is C20H25N3O2. The summed E-state index contributed by atoms with van der Waals surface area (Å²) in [5.41, 5.74) is 3.26. The highest BCUT2D eigenvalue weighted by Crippen LogP contribution is 2.28. The topological polar surface area (TPSA) is 44.8 Å². The molecule has 25 heavy (non-hydrogen) atoms. The van der Waals surface area contributed by atoms with Crippen molar-refractivity contribution in [3.05, 3.63) is 54.1 Å². The SMILES string of the molecule is COc1ccccc1N1CCN(C(=O)CNc2ccccc2C)CC1. The van der Waals surface area contributed by atoms with Crippen LogP contribution in [-0.4, -0.2) is 50.6 Å². The molecule has 0 unspecified atom stereocenters. The van der Waals surface area contributed by atoms with Crippen LogP contribution in [0, 0.1) is 6.92 Å². The van der Waals surface area contributed by atoms with Crippen LogP contribution in [0.15, 0.2) is 48.5 Å². The molecule has 0 bridgehead atoms. The lowest BCUT2D eigenvalue weighted by molar-refractivity contribution is -0.129. The fraction of sp³-hybridized carbons (Fsp3) is 0.350. The van der Waals surface area contributed by atoms with Crippen LogP contribution >= 0.6 is 0 Å². The van der Waals surface area contributed by atoms with Gasteiger partial charge in [-0.1, -0.05) is 30.3 Å². The Morgan fingerprint density at radius 3 is 2.44 bits per heavy atom. The van der Waals surface area contributed by atoms with Crippen LogP contribution in [0.3, 0.4) is 0 Å². The van der Waals surface area contributed by atoms with Gasteiger partial charge in [0.15, 0.2) is 0 Å². The van der Waals surface area contributed by atoms with E-state index < -0.39 is 0 Å². The highest BCUT2D eigenvalue weighted by molar-refractivity contribution is 5.81. The Labute approximate surface area is 149 Å². The number of anilines is 2. The van der Waals surface area contributed by atoms with Gasteiger partial charge in [0.2, 0.25) is 5.91 Å². The molecule has 1 heterocycles. The van der Waals surface area contributed by atoms with Gasteiger partial charge in [-0.25, -0.2) is 0 Å². The summed E-state index contributed by atoms with van der Waals surface area (Å²) in [5.74, 6) is 1.02. The molecular weight excluding hydrogens is 314 g/mol. The van der Waals surface area contributed by atoms with Crippen LogP contribution in [0.1, 0.15) is 5.56 Å². The Balaban J connectivity index is 1.53. The summed E-state index contributed by atoms with van der Waals surface area (Å²) < 4.78 is 5.44. The zero-order valence-electron chi connectivity index (χ0n) is 14.9. The minimum Gasteiger partial charge on any atom is -0.495 e. The van der Waals surface area contributed by atoms with Crippen LogP contribution in [0.4, 0.5) is 11.4 Å². The van der Waals surface area contributed by atoms with Gasteiger partial charge in [0.1, 0.15) is 5.75 Å². The number of hydrogen-bond acceptors (Lipinski definition) is 4. The molecule has 5 heteroatoms. The predicted octanol–water partition coefficient (Wildman–Crippen LogP) is 2.76. The second-order valence-corrected chi connectivity index (χ2v) is 6.21. The van der Waals surface area contributed by atoms with Gasteiger partial charge in [0, 0.05) is 31.9 Å². The summed E-state index contributed by atoms with van der Waals surface area (Å²) in [6.45, 7) is 5.46. The predicted molar refractivity (Wildman–Crippen MR) is 101 cm³/mol. The van der Waals surface area contributed by atoms with Gasteiger partial charge in [0.05, 0.1) is 19.3 Å². The van der Waals surface area contributed by atoms with E-state index in [0.29, 0.717) is 6.54 Å². The fourth-order valence-corrected chi connectivity index (χ4v) is 3.14. The number of carbonyl (C=O) groups is 1. The number of para-hydroxylation sites is 3. The van der Waals surface area contributed by atoms with E-state index in [1.54, 1.807) is 7.11 Å². The minimum atomic E-state index is 0.142. The Morgan fingerprint density at radius 2 is 1.72 bits per heavy atom. The van der Waals surface area contributed by atoms with Gasteiger partial charge in [-0.3, -0.25) is 4.79 Å². The first-order chi connectivity index (χ1) is 12.2. The zero-order chi connectivity index (χ0) is 17.6. The van der Waals surface area contributed by atoms with Crippen molar-refractivity contribution in [2.24, 2.45) is 0 Å². The number of nitrogens with zero attached hydrogens (tertiary/aromatic N) is 2. The highest BCUT2D eigenvalue weighted by Gasteiger charge is 2.22. The second kappa shape index (κ2) is 7.92. The van der Waals surface area contributed by atoms with E-state index in [0.717, 1.165) is 48.9 Å². The summed E-state index contributed by atoms with van der Waals surface area (Å²) >= 11 is 0. The van der Waals surface area contributed by atoms with E-state index in [4.69, 9.17) is 4.74 Å².